The first-order valence-corrected chi connectivity index (χ1v) is 7.84. The van der Waals surface area contributed by atoms with Gasteiger partial charge in [-0.2, -0.15) is 0 Å². The summed E-state index contributed by atoms with van der Waals surface area (Å²) in [6.07, 6.45) is 1.68. The fourth-order valence-corrected chi connectivity index (χ4v) is 2.62. The van der Waals surface area contributed by atoms with E-state index in [1.807, 2.05) is 37.3 Å². The lowest BCUT2D eigenvalue weighted by atomic mass is 10.00. The molecule has 0 saturated heterocycles. The number of carbonyl (C=O) groups excluding carboxylic acids is 1. The van der Waals surface area contributed by atoms with Gasteiger partial charge in [-0.1, -0.05) is 30.8 Å². The van der Waals surface area contributed by atoms with Crippen LogP contribution >= 0.6 is 0 Å². The lowest BCUT2D eigenvalue weighted by molar-refractivity contribution is -0.269. The monoisotopic (exact) mass is 313 g/mol. The molecule has 1 unspecified atom stereocenters. The molecule has 23 heavy (non-hydrogen) atoms. The summed E-state index contributed by atoms with van der Waals surface area (Å²) in [5, 5.41) is 9.84. The maximum Gasteiger partial charge on any atom is 0.137 e. The molecule has 0 bridgehead atoms. The van der Waals surface area contributed by atoms with Crippen LogP contribution in [0.3, 0.4) is 0 Å². The number of ketones is 1. The summed E-state index contributed by atoms with van der Waals surface area (Å²) in [7, 11) is 0. The summed E-state index contributed by atoms with van der Waals surface area (Å²) in [4.78, 5) is 21.1. The van der Waals surface area contributed by atoms with Crippen LogP contribution in [-0.4, -0.2) is 22.1 Å². The summed E-state index contributed by atoms with van der Waals surface area (Å²) in [6, 6.07) is 9.92. The number of fused-ring (bicyclic) bond motifs is 1. The van der Waals surface area contributed by atoms with E-state index in [9.17, 15) is 4.79 Å². The third-order valence-electron chi connectivity index (χ3n) is 3.93. The molecule has 4 nitrogen and oxygen atoms in total. The van der Waals surface area contributed by atoms with Crippen LogP contribution in [0.25, 0.3) is 10.9 Å². The average Bonchev–Trinajstić information content (AvgIpc) is 2.52. The van der Waals surface area contributed by atoms with Crippen LogP contribution in [-0.2, 0) is 16.1 Å². The molecule has 0 aliphatic rings. The number of aromatic nitrogens is 1. The van der Waals surface area contributed by atoms with Gasteiger partial charge in [0.15, 0.2) is 0 Å². The number of pyridine rings is 1. The lowest BCUT2D eigenvalue weighted by Crippen LogP contribution is -2.13. The highest BCUT2D eigenvalue weighted by atomic mass is 17.1. The van der Waals surface area contributed by atoms with Crippen molar-refractivity contribution in [3.05, 3.63) is 53.7 Å². The van der Waals surface area contributed by atoms with Gasteiger partial charge in [-0.25, -0.2) is 4.89 Å². The molecule has 1 aromatic heterocycles. The molecule has 4 heteroatoms. The van der Waals surface area contributed by atoms with Gasteiger partial charge in [0.05, 0.1) is 5.52 Å². The zero-order chi connectivity index (χ0) is 16.8. The van der Waals surface area contributed by atoms with Crippen molar-refractivity contribution in [1.82, 2.24) is 4.98 Å². The summed E-state index contributed by atoms with van der Waals surface area (Å²) in [5.74, 6) is 0.166. The van der Waals surface area contributed by atoms with Gasteiger partial charge in [-0.15, -0.1) is 0 Å². The zero-order valence-electron chi connectivity index (χ0n) is 13.7. The molecule has 1 aromatic carbocycles. The second-order valence-electron chi connectivity index (χ2n) is 5.99. The number of Topliss-reactive ketones (excluding diaryl/α,β-unsaturated/α-hetero) is 1. The van der Waals surface area contributed by atoms with Gasteiger partial charge in [-0.3, -0.25) is 15.0 Å². The third kappa shape index (κ3) is 4.71. The Morgan fingerprint density at radius 3 is 2.83 bits per heavy atom. The Kier molecular flexibility index (Phi) is 6.02. The smallest absolute Gasteiger partial charge is 0.137 e. The van der Waals surface area contributed by atoms with E-state index in [-0.39, 0.29) is 5.78 Å². The Balaban J connectivity index is 1.98. The lowest BCUT2D eigenvalue weighted by Gasteiger charge is -2.12. The summed E-state index contributed by atoms with van der Waals surface area (Å²) < 4.78 is 0. The zero-order valence-corrected chi connectivity index (χ0v) is 13.7. The van der Waals surface area contributed by atoms with E-state index in [2.05, 4.69) is 16.5 Å². The fraction of sp³-hybridized carbons (Fsp3) is 0.368. The molecule has 1 heterocycles. The van der Waals surface area contributed by atoms with E-state index in [1.54, 1.807) is 6.92 Å². The van der Waals surface area contributed by atoms with Crippen LogP contribution in [0.1, 0.15) is 37.4 Å². The van der Waals surface area contributed by atoms with E-state index in [0.29, 0.717) is 25.7 Å². The highest BCUT2D eigenvalue weighted by Crippen LogP contribution is 2.19. The maximum atomic E-state index is 12.2. The first-order valence-electron chi connectivity index (χ1n) is 7.84. The van der Waals surface area contributed by atoms with Crippen LogP contribution < -0.4 is 0 Å². The fourth-order valence-electron chi connectivity index (χ4n) is 2.62. The summed E-state index contributed by atoms with van der Waals surface area (Å²) >= 11 is 0. The first-order chi connectivity index (χ1) is 11.0. The van der Waals surface area contributed by atoms with Crippen LogP contribution in [0.2, 0.25) is 0 Å². The molecule has 2 aromatic rings. The highest BCUT2D eigenvalue weighted by molar-refractivity contribution is 5.88. The normalized spacial score (nSPS) is 12.3. The molecule has 1 atom stereocenters. The van der Waals surface area contributed by atoms with Crippen molar-refractivity contribution in [1.29, 1.82) is 0 Å². The van der Waals surface area contributed by atoms with Crippen LogP contribution in [0.15, 0.2) is 42.5 Å². The minimum Gasteiger partial charge on any atom is -0.299 e. The summed E-state index contributed by atoms with van der Waals surface area (Å²) in [5.41, 5.74) is 3.57. The number of para-hydroxylation sites is 1. The number of hydrogen-bond donors (Lipinski definition) is 1. The van der Waals surface area contributed by atoms with E-state index in [4.69, 9.17) is 5.26 Å². The van der Waals surface area contributed by atoms with Gasteiger partial charge in [-0.05, 0) is 43.9 Å². The van der Waals surface area contributed by atoms with Crippen molar-refractivity contribution >= 4 is 16.7 Å². The molecule has 0 spiro atoms. The van der Waals surface area contributed by atoms with Gasteiger partial charge in [0.25, 0.3) is 0 Å². The molecule has 0 radical (unpaired) electrons. The van der Waals surface area contributed by atoms with Gasteiger partial charge in [0.2, 0.25) is 0 Å². The number of carbonyl (C=O) groups is 1. The standard InChI is InChI=1S/C19H23NO3/c1-13(2)18(23-22)9-5-8-17(21)12-16-7-4-6-15-11-10-14(3)20-19(15)16/h4,6-7,10-11,18,22H,1,5,8-9,12H2,2-3H3. The minimum absolute atomic E-state index is 0.166. The van der Waals surface area contributed by atoms with E-state index in [1.165, 1.54) is 0 Å². The van der Waals surface area contributed by atoms with Crippen molar-refractivity contribution in [2.45, 2.75) is 45.6 Å². The number of aryl methyl sites for hydroxylation is 1. The first kappa shape index (κ1) is 17.3. The van der Waals surface area contributed by atoms with Crippen molar-refractivity contribution < 1.29 is 14.9 Å². The molecule has 1 N–H and O–H groups in total. The molecule has 0 saturated carbocycles. The predicted molar refractivity (Wildman–Crippen MR) is 91.4 cm³/mol. The number of benzene rings is 1. The van der Waals surface area contributed by atoms with Gasteiger partial charge >= 0.3 is 0 Å². The van der Waals surface area contributed by atoms with Crippen LogP contribution in [0.4, 0.5) is 0 Å². The largest absolute Gasteiger partial charge is 0.299 e. The van der Waals surface area contributed by atoms with Crippen molar-refractivity contribution in [3.63, 3.8) is 0 Å². The molecular formula is C19H23NO3. The van der Waals surface area contributed by atoms with E-state index >= 15 is 0 Å². The average molecular weight is 313 g/mol. The van der Waals surface area contributed by atoms with Crippen molar-refractivity contribution in [3.8, 4) is 0 Å². The number of hydrogen-bond acceptors (Lipinski definition) is 4. The second-order valence-corrected chi connectivity index (χ2v) is 5.99. The van der Waals surface area contributed by atoms with Crippen LogP contribution in [0.5, 0.6) is 0 Å². The topological polar surface area (TPSA) is 59.4 Å². The minimum atomic E-state index is -0.398. The second kappa shape index (κ2) is 7.99. The molecule has 2 rings (SSSR count). The Labute approximate surface area is 136 Å². The highest BCUT2D eigenvalue weighted by Gasteiger charge is 2.12. The number of nitrogens with zero attached hydrogens (tertiary/aromatic N) is 1. The molecule has 0 aliphatic heterocycles. The Morgan fingerprint density at radius 1 is 1.35 bits per heavy atom. The van der Waals surface area contributed by atoms with Crippen molar-refractivity contribution in [2.75, 3.05) is 0 Å². The molecule has 0 aliphatic carbocycles. The third-order valence-corrected chi connectivity index (χ3v) is 3.93. The van der Waals surface area contributed by atoms with Gasteiger partial charge < -0.3 is 0 Å². The Bertz CT molecular complexity index is 709. The predicted octanol–water partition coefficient (Wildman–Crippen LogP) is 4.26. The van der Waals surface area contributed by atoms with Gasteiger partial charge in [0, 0.05) is 23.9 Å². The number of rotatable bonds is 8. The van der Waals surface area contributed by atoms with Gasteiger partial charge in [0.1, 0.15) is 11.9 Å². The molecule has 122 valence electrons. The molecular weight excluding hydrogens is 290 g/mol. The van der Waals surface area contributed by atoms with Crippen LogP contribution in [0, 0.1) is 6.92 Å². The quantitative estimate of drug-likeness (QED) is 0.449. The molecule has 0 fully saturated rings. The Morgan fingerprint density at radius 2 is 2.13 bits per heavy atom. The summed E-state index contributed by atoms with van der Waals surface area (Å²) in [6.45, 7) is 7.50. The molecule has 0 amide bonds. The van der Waals surface area contributed by atoms with Crippen molar-refractivity contribution in [2.24, 2.45) is 0 Å². The SMILES string of the molecule is C=C(C)C(CCCC(=O)Cc1cccc2ccc(C)nc12)OO. The van der Waals surface area contributed by atoms with E-state index < -0.39 is 6.10 Å². The maximum absolute atomic E-state index is 12.2. The Hall–Kier alpha value is -2.04. The van der Waals surface area contributed by atoms with E-state index in [0.717, 1.165) is 27.7 Å².